The number of nitrogens with one attached hydrogen (secondary N) is 1. The van der Waals surface area contributed by atoms with Gasteiger partial charge in [-0.15, -0.1) is 11.3 Å². The van der Waals surface area contributed by atoms with Crippen molar-refractivity contribution in [2.24, 2.45) is 0 Å². The topological polar surface area (TPSA) is 92.2 Å². The molecule has 2 rings (SSSR count). The highest BCUT2D eigenvalue weighted by atomic mass is 32.1. The molecule has 6 nitrogen and oxygen atoms in total. The van der Waals surface area contributed by atoms with Gasteiger partial charge >= 0.3 is 5.97 Å². The van der Waals surface area contributed by atoms with Gasteiger partial charge in [0.25, 0.3) is 5.91 Å². The van der Waals surface area contributed by atoms with Crippen molar-refractivity contribution in [3.63, 3.8) is 0 Å². The van der Waals surface area contributed by atoms with Gasteiger partial charge in [-0.3, -0.25) is 4.79 Å². The molecule has 0 bridgehead atoms. The van der Waals surface area contributed by atoms with E-state index in [2.05, 4.69) is 15.3 Å². The third kappa shape index (κ3) is 2.35. The number of hydrogen-bond acceptors (Lipinski definition) is 5. The zero-order valence-electron chi connectivity index (χ0n) is 9.38. The Morgan fingerprint density at radius 2 is 2.06 bits per heavy atom. The third-order valence-electron chi connectivity index (χ3n) is 2.20. The monoisotopic (exact) mass is 263 g/mol. The van der Waals surface area contributed by atoms with Gasteiger partial charge in [0.1, 0.15) is 0 Å². The molecule has 2 N–H and O–H groups in total. The molecule has 2 aromatic heterocycles. The van der Waals surface area contributed by atoms with Crippen molar-refractivity contribution in [1.82, 2.24) is 9.97 Å². The Morgan fingerprint density at radius 1 is 1.33 bits per heavy atom. The first-order valence-corrected chi connectivity index (χ1v) is 5.87. The van der Waals surface area contributed by atoms with Crippen molar-refractivity contribution in [1.29, 1.82) is 0 Å². The highest BCUT2D eigenvalue weighted by Gasteiger charge is 2.17. The number of anilines is 1. The Hall–Kier alpha value is -2.28. The molecule has 0 aliphatic carbocycles. The summed E-state index contributed by atoms with van der Waals surface area (Å²) in [6.45, 7) is 1.81. The fourth-order valence-corrected chi connectivity index (χ4v) is 2.18. The molecular weight excluding hydrogens is 254 g/mol. The second-order valence-electron chi connectivity index (χ2n) is 3.45. The summed E-state index contributed by atoms with van der Waals surface area (Å²) in [5.74, 6) is -1.67. The van der Waals surface area contributed by atoms with E-state index >= 15 is 0 Å². The van der Waals surface area contributed by atoms with Crippen LogP contribution < -0.4 is 5.32 Å². The molecule has 1 amide bonds. The van der Waals surface area contributed by atoms with Gasteiger partial charge in [-0.2, -0.15) is 0 Å². The van der Waals surface area contributed by atoms with Crippen molar-refractivity contribution in [3.8, 4) is 0 Å². The van der Waals surface area contributed by atoms with E-state index in [1.54, 1.807) is 12.3 Å². The molecule has 0 aromatic carbocycles. The Balaban J connectivity index is 2.28. The van der Waals surface area contributed by atoms with E-state index in [4.69, 9.17) is 5.11 Å². The van der Waals surface area contributed by atoms with Crippen LogP contribution in [0.15, 0.2) is 23.8 Å². The van der Waals surface area contributed by atoms with E-state index in [-0.39, 0.29) is 17.4 Å². The maximum absolute atomic E-state index is 11.9. The van der Waals surface area contributed by atoms with Crippen LogP contribution in [0.5, 0.6) is 0 Å². The summed E-state index contributed by atoms with van der Waals surface area (Å²) in [5.41, 5.74) is 0.554. The van der Waals surface area contributed by atoms with Crippen LogP contribution in [0.1, 0.15) is 25.7 Å². The normalized spacial score (nSPS) is 10.1. The van der Waals surface area contributed by atoms with Crippen molar-refractivity contribution >= 4 is 29.0 Å². The van der Waals surface area contributed by atoms with Gasteiger partial charge in [0.15, 0.2) is 11.5 Å². The van der Waals surface area contributed by atoms with Crippen LogP contribution in [0.25, 0.3) is 0 Å². The van der Waals surface area contributed by atoms with E-state index in [1.807, 2.05) is 6.07 Å². The van der Waals surface area contributed by atoms with Gasteiger partial charge in [0.2, 0.25) is 0 Å². The maximum atomic E-state index is 11.9. The van der Waals surface area contributed by atoms with Gasteiger partial charge in [-0.05, 0) is 23.9 Å². The molecule has 0 atom stereocenters. The Labute approximate surface area is 106 Å². The number of aromatic nitrogens is 2. The van der Waals surface area contributed by atoms with Crippen LogP contribution in [-0.2, 0) is 0 Å². The molecule has 2 aromatic rings. The number of carbonyl (C=O) groups excluding carboxylic acids is 1. The van der Waals surface area contributed by atoms with Gasteiger partial charge in [0, 0.05) is 12.4 Å². The quantitative estimate of drug-likeness (QED) is 0.880. The Morgan fingerprint density at radius 3 is 2.67 bits per heavy atom. The smallest absolute Gasteiger partial charge is 0.358 e. The average molecular weight is 263 g/mol. The number of aromatic carboxylic acids is 1. The molecule has 0 saturated heterocycles. The highest BCUT2D eigenvalue weighted by molar-refractivity contribution is 7.12. The first kappa shape index (κ1) is 12.2. The van der Waals surface area contributed by atoms with Crippen molar-refractivity contribution < 1.29 is 14.7 Å². The molecule has 2 heterocycles. The molecule has 7 heteroatoms. The Kier molecular flexibility index (Phi) is 3.33. The van der Waals surface area contributed by atoms with Crippen LogP contribution >= 0.6 is 11.3 Å². The number of amides is 1. The maximum Gasteiger partial charge on any atom is 0.358 e. The summed E-state index contributed by atoms with van der Waals surface area (Å²) in [5, 5.41) is 13.2. The molecule has 0 unspecified atom stereocenters. The molecular formula is C11H9N3O3S. The zero-order chi connectivity index (χ0) is 13.1. The number of carboxylic acid groups (broad SMARTS) is 1. The van der Waals surface area contributed by atoms with E-state index in [0.717, 1.165) is 5.56 Å². The van der Waals surface area contributed by atoms with Crippen LogP contribution in [0.3, 0.4) is 0 Å². The number of carboxylic acids is 1. The SMILES string of the molecule is Cc1ccsc1C(=O)Nc1nccnc1C(=O)O. The van der Waals surface area contributed by atoms with Crippen LogP contribution in [0.2, 0.25) is 0 Å². The highest BCUT2D eigenvalue weighted by Crippen LogP contribution is 2.18. The van der Waals surface area contributed by atoms with Gasteiger partial charge < -0.3 is 10.4 Å². The first-order valence-electron chi connectivity index (χ1n) is 4.99. The number of thiophene rings is 1. The van der Waals surface area contributed by atoms with Gasteiger partial charge in [-0.1, -0.05) is 0 Å². The minimum absolute atomic E-state index is 0.0530. The molecule has 0 spiro atoms. The number of carbonyl (C=O) groups is 2. The molecule has 0 radical (unpaired) electrons. The summed E-state index contributed by atoms with van der Waals surface area (Å²) >= 11 is 1.28. The second kappa shape index (κ2) is 4.92. The number of nitrogens with zero attached hydrogens (tertiary/aromatic N) is 2. The summed E-state index contributed by atoms with van der Waals surface area (Å²) in [4.78, 5) is 30.8. The predicted molar refractivity (Wildman–Crippen MR) is 66.0 cm³/mol. The molecule has 0 saturated carbocycles. The lowest BCUT2D eigenvalue weighted by atomic mass is 10.3. The van der Waals surface area contributed by atoms with Gasteiger partial charge in [0.05, 0.1) is 4.88 Å². The van der Waals surface area contributed by atoms with E-state index in [1.165, 1.54) is 23.7 Å². The minimum Gasteiger partial charge on any atom is -0.476 e. The largest absolute Gasteiger partial charge is 0.476 e. The molecule has 18 heavy (non-hydrogen) atoms. The average Bonchev–Trinajstić information content (AvgIpc) is 2.76. The standard InChI is InChI=1S/C11H9N3O3S/c1-6-2-5-18-8(6)10(15)14-9-7(11(16)17)12-3-4-13-9/h2-5H,1H3,(H,16,17)(H,13,14,15). The van der Waals surface area contributed by atoms with E-state index in [0.29, 0.717) is 4.88 Å². The van der Waals surface area contributed by atoms with Crippen LogP contribution in [0, 0.1) is 6.92 Å². The van der Waals surface area contributed by atoms with Gasteiger partial charge in [-0.25, -0.2) is 14.8 Å². The lowest BCUT2D eigenvalue weighted by Crippen LogP contribution is -2.16. The summed E-state index contributed by atoms with van der Waals surface area (Å²) in [6, 6.07) is 1.81. The predicted octanol–water partition coefficient (Wildman–Crippen LogP) is 1.80. The third-order valence-corrected chi connectivity index (χ3v) is 3.22. The zero-order valence-corrected chi connectivity index (χ0v) is 10.2. The summed E-state index contributed by atoms with van der Waals surface area (Å²) in [7, 11) is 0. The molecule has 0 aliphatic heterocycles. The summed E-state index contributed by atoms with van der Waals surface area (Å²) < 4.78 is 0. The number of rotatable bonds is 3. The summed E-state index contributed by atoms with van der Waals surface area (Å²) in [6.07, 6.45) is 2.58. The lowest BCUT2D eigenvalue weighted by Gasteiger charge is -2.05. The number of hydrogen-bond donors (Lipinski definition) is 2. The van der Waals surface area contributed by atoms with Crippen molar-refractivity contribution in [2.45, 2.75) is 6.92 Å². The van der Waals surface area contributed by atoms with Crippen molar-refractivity contribution in [2.75, 3.05) is 5.32 Å². The molecule has 0 fully saturated rings. The van der Waals surface area contributed by atoms with Crippen LogP contribution in [-0.4, -0.2) is 27.0 Å². The van der Waals surface area contributed by atoms with E-state index in [9.17, 15) is 9.59 Å². The fourth-order valence-electron chi connectivity index (χ4n) is 1.36. The molecule has 0 aliphatic rings. The second-order valence-corrected chi connectivity index (χ2v) is 4.36. The van der Waals surface area contributed by atoms with Crippen molar-refractivity contribution in [3.05, 3.63) is 40.0 Å². The van der Waals surface area contributed by atoms with E-state index < -0.39 is 5.97 Å². The van der Waals surface area contributed by atoms with Crippen LogP contribution in [0.4, 0.5) is 5.82 Å². The minimum atomic E-state index is -1.23. The first-order chi connectivity index (χ1) is 8.59. The Bertz CT molecular complexity index is 609. The molecule has 92 valence electrons. The lowest BCUT2D eigenvalue weighted by molar-refractivity contribution is 0.0691. The fraction of sp³-hybridized carbons (Fsp3) is 0.0909. The number of aryl methyl sites for hydroxylation is 1.